The summed E-state index contributed by atoms with van der Waals surface area (Å²) in [5.41, 5.74) is 8.45. The van der Waals surface area contributed by atoms with Gasteiger partial charge in [-0.25, -0.2) is 0 Å². The summed E-state index contributed by atoms with van der Waals surface area (Å²) in [5, 5.41) is 16.5. The van der Waals surface area contributed by atoms with Crippen LogP contribution in [0.1, 0.15) is 76.6 Å². The van der Waals surface area contributed by atoms with Crippen LogP contribution in [0.15, 0.2) is 115 Å². The normalized spacial score (nSPS) is 16.7. The highest BCUT2D eigenvalue weighted by Crippen LogP contribution is 2.51. The molecular formula is C47H55N6O2+. The van der Waals surface area contributed by atoms with Crippen molar-refractivity contribution in [3.05, 3.63) is 132 Å². The van der Waals surface area contributed by atoms with Crippen molar-refractivity contribution in [1.82, 2.24) is 20.3 Å². The third-order valence-electron chi connectivity index (χ3n) is 11.4. The van der Waals surface area contributed by atoms with Gasteiger partial charge in [0, 0.05) is 67.7 Å². The van der Waals surface area contributed by atoms with Crippen molar-refractivity contribution >= 4 is 44.5 Å². The van der Waals surface area contributed by atoms with Crippen molar-refractivity contribution in [2.24, 2.45) is 0 Å². The van der Waals surface area contributed by atoms with E-state index < -0.39 is 0 Å². The zero-order valence-corrected chi connectivity index (χ0v) is 33.3. The third kappa shape index (κ3) is 7.65. The zero-order valence-electron chi connectivity index (χ0n) is 33.3. The van der Waals surface area contributed by atoms with Crippen LogP contribution in [0.2, 0.25) is 0 Å². The summed E-state index contributed by atoms with van der Waals surface area (Å²) in [6.45, 7) is 12.1. The number of hydrogen-bond acceptors (Lipinski definition) is 5. The van der Waals surface area contributed by atoms with Crippen LogP contribution in [-0.4, -0.2) is 58.4 Å². The maximum Gasteiger partial charge on any atom is 0.219 e. The Morgan fingerprint density at radius 3 is 2.31 bits per heavy atom. The van der Waals surface area contributed by atoms with Gasteiger partial charge in [0.1, 0.15) is 12.7 Å². The van der Waals surface area contributed by atoms with Gasteiger partial charge < -0.3 is 15.0 Å². The molecule has 1 aromatic heterocycles. The van der Waals surface area contributed by atoms with E-state index in [1.165, 1.54) is 55.5 Å². The molecule has 0 saturated carbocycles. The number of unbranched alkanes of at least 4 members (excludes halogenated alkanes) is 2. The molecule has 0 saturated heterocycles. The van der Waals surface area contributed by atoms with Crippen LogP contribution in [0, 0.1) is 0 Å². The van der Waals surface area contributed by atoms with E-state index in [2.05, 4.69) is 163 Å². The summed E-state index contributed by atoms with van der Waals surface area (Å²) in [7, 11) is 3.83. The van der Waals surface area contributed by atoms with Gasteiger partial charge in [-0.15, -0.1) is 5.10 Å². The molecule has 0 atom stereocenters. The quantitative estimate of drug-likeness (QED) is 0.0659. The highest BCUT2D eigenvalue weighted by molar-refractivity contribution is 6.07. The Kier molecular flexibility index (Phi) is 11.2. The number of methoxy groups -OCH3 is 1. The first kappa shape index (κ1) is 38.0. The van der Waals surface area contributed by atoms with Crippen LogP contribution in [0.25, 0.3) is 21.5 Å². The lowest BCUT2D eigenvalue weighted by Gasteiger charge is -2.27. The van der Waals surface area contributed by atoms with Crippen molar-refractivity contribution in [1.29, 1.82) is 0 Å². The molecular weight excluding hydrogens is 681 g/mol. The van der Waals surface area contributed by atoms with Gasteiger partial charge in [-0.1, -0.05) is 98.3 Å². The molecule has 0 fully saturated rings. The van der Waals surface area contributed by atoms with Crippen LogP contribution < -0.4 is 10.2 Å². The number of carbonyl (C=O) groups excluding carboxylic acids is 1. The number of fused-ring (bicyclic) bond motifs is 6. The summed E-state index contributed by atoms with van der Waals surface area (Å²) in [5.74, 6) is 0.110. The molecule has 3 heterocycles. The Hall–Kier alpha value is -5.34. The molecule has 4 aromatic carbocycles. The average molecular weight is 736 g/mol. The van der Waals surface area contributed by atoms with E-state index in [9.17, 15) is 4.79 Å². The molecule has 2 aliphatic heterocycles. The summed E-state index contributed by atoms with van der Waals surface area (Å²) in [4.78, 5) is 15.1. The van der Waals surface area contributed by atoms with Gasteiger partial charge in [-0.05, 0) is 78.4 Å². The second-order valence-corrected chi connectivity index (χ2v) is 15.9. The highest BCUT2D eigenvalue weighted by Gasteiger charge is 2.44. The number of allylic oxidation sites excluding steroid dienone is 6. The Morgan fingerprint density at radius 1 is 0.818 bits per heavy atom. The predicted molar refractivity (Wildman–Crippen MR) is 225 cm³/mol. The monoisotopic (exact) mass is 735 g/mol. The molecule has 8 heteroatoms. The molecule has 284 valence electrons. The summed E-state index contributed by atoms with van der Waals surface area (Å²) in [6, 6.07) is 26.5. The van der Waals surface area contributed by atoms with Gasteiger partial charge in [0.15, 0.2) is 5.71 Å². The van der Waals surface area contributed by atoms with E-state index in [0.29, 0.717) is 26.1 Å². The van der Waals surface area contributed by atoms with E-state index in [0.717, 1.165) is 37.9 Å². The number of nitrogens with zero attached hydrogens (tertiary/aromatic N) is 5. The standard InChI is InChI=1S/C47H54N6O2/c1-46(2)41(51(5)39-27-25-34-18-12-14-20-37(34)44(39)46)22-9-7-10-23-42-47(3,4)45-38-21-15-13-19-35(38)26-28-40(45)53(42)31-16-8-11-24-43(54)48-29-17-30-52-32-36(33-55-6)49-50-52/h7,9-10,12-15,18-23,25-28,32H,8,11,16-17,24,29-31,33H2,1-6H3/p+1. The molecule has 0 unspecified atom stereocenters. The fourth-order valence-corrected chi connectivity index (χ4v) is 8.78. The minimum Gasteiger partial charge on any atom is -0.378 e. The van der Waals surface area contributed by atoms with Crippen molar-refractivity contribution in [3.8, 4) is 0 Å². The van der Waals surface area contributed by atoms with Gasteiger partial charge in [-0.3, -0.25) is 9.48 Å². The number of benzene rings is 4. The van der Waals surface area contributed by atoms with Crippen molar-refractivity contribution in [2.45, 2.75) is 83.8 Å². The number of ether oxygens (including phenoxy) is 1. The van der Waals surface area contributed by atoms with Crippen LogP contribution in [0.4, 0.5) is 11.4 Å². The van der Waals surface area contributed by atoms with E-state index in [1.54, 1.807) is 11.8 Å². The summed E-state index contributed by atoms with van der Waals surface area (Å²) < 4.78 is 9.25. The van der Waals surface area contributed by atoms with E-state index in [1.807, 2.05) is 6.20 Å². The lowest BCUT2D eigenvalue weighted by atomic mass is 9.79. The number of carbonyl (C=O) groups is 1. The lowest BCUT2D eigenvalue weighted by molar-refractivity contribution is -0.401. The van der Waals surface area contributed by atoms with Crippen LogP contribution in [-0.2, 0) is 33.5 Å². The smallest absolute Gasteiger partial charge is 0.219 e. The summed E-state index contributed by atoms with van der Waals surface area (Å²) >= 11 is 0. The number of aromatic nitrogens is 3. The number of amides is 1. The highest BCUT2D eigenvalue weighted by atomic mass is 16.5. The van der Waals surface area contributed by atoms with Gasteiger partial charge >= 0.3 is 0 Å². The predicted octanol–water partition coefficient (Wildman–Crippen LogP) is 9.30. The molecule has 0 radical (unpaired) electrons. The largest absolute Gasteiger partial charge is 0.378 e. The Balaban J connectivity index is 1.00. The van der Waals surface area contributed by atoms with Gasteiger partial charge in [-0.2, -0.15) is 4.58 Å². The molecule has 0 bridgehead atoms. The second kappa shape index (κ2) is 16.2. The van der Waals surface area contributed by atoms with Gasteiger partial charge in [0.2, 0.25) is 11.6 Å². The number of aryl methyl sites for hydroxylation is 1. The fraction of sp³-hybridized carbons (Fsp3) is 0.362. The maximum absolute atomic E-state index is 12.6. The molecule has 2 aliphatic rings. The van der Waals surface area contributed by atoms with Crippen molar-refractivity contribution in [2.75, 3.05) is 32.1 Å². The molecule has 5 aromatic rings. The third-order valence-corrected chi connectivity index (χ3v) is 11.4. The number of anilines is 1. The lowest BCUT2D eigenvalue weighted by Crippen LogP contribution is -2.27. The number of nitrogens with one attached hydrogen (secondary N) is 1. The average Bonchev–Trinajstić information content (AvgIpc) is 3.78. The van der Waals surface area contributed by atoms with E-state index in [-0.39, 0.29) is 16.7 Å². The van der Waals surface area contributed by atoms with Crippen molar-refractivity contribution < 1.29 is 14.1 Å². The minimum atomic E-state index is -0.174. The van der Waals surface area contributed by atoms with Gasteiger partial charge in [0.25, 0.3) is 0 Å². The summed E-state index contributed by atoms with van der Waals surface area (Å²) in [6.07, 6.45) is 17.2. The second-order valence-electron chi connectivity index (χ2n) is 15.9. The molecule has 7 rings (SSSR count). The first-order chi connectivity index (χ1) is 26.6. The van der Waals surface area contributed by atoms with E-state index in [4.69, 9.17) is 4.74 Å². The van der Waals surface area contributed by atoms with Gasteiger partial charge in [0.05, 0.1) is 18.2 Å². The fourth-order valence-electron chi connectivity index (χ4n) is 8.78. The van der Waals surface area contributed by atoms with Crippen LogP contribution >= 0.6 is 0 Å². The SMILES string of the molecule is COCc1cn(CCCNC(=O)CCCCCN2/C(=C/C=C/C=C/C3=[N+](C)c4ccc5ccccc5c4C3(C)C)C(C)(C)c3c2ccc2ccccc32)nn1. The molecule has 1 N–H and O–H groups in total. The van der Waals surface area contributed by atoms with E-state index >= 15 is 0 Å². The molecule has 1 amide bonds. The van der Waals surface area contributed by atoms with Crippen LogP contribution in [0.5, 0.6) is 0 Å². The number of rotatable bonds is 15. The first-order valence-corrected chi connectivity index (χ1v) is 19.7. The molecule has 55 heavy (non-hydrogen) atoms. The number of hydrogen-bond donors (Lipinski definition) is 1. The minimum absolute atomic E-state index is 0.110. The maximum atomic E-state index is 12.6. The molecule has 0 spiro atoms. The Labute approximate surface area is 325 Å². The molecule has 8 nitrogen and oxygen atoms in total. The first-order valence-electron chi connectivity index (χ1n) is 19.7. The van der Waals surface area contributed by atoms with Crippen molar-refractivity contribution in [3.63, 3.8) is 0 Å². The Morgan fingerprint density at radius 2 is 1.55 bits per heavy atom. The Bertz CT molecular complexity index is 2320. The molecule has 0 aliphatic carbocycles. The van der Waals surface area contributed by atoms with Crippen LogP contribution in [0.3, 0.4) is 0 Å². The topological polar surface area (TPSA) is 75.3 Å². The zero-order chi connectivity index (χ0) is 38.6.